The van der Waals surface area contributed by atoms with Crippen LogP contribution in [-0.2, 0) is 17.8 Å². The zero-order valence-corrected chi connectivity index (χ0v) is 22.6. The number of carbonyl (C=O) groups excluding carboxylic acids is 1. The van der Waals surface area contributed by atoms with Crippen LogP contribution in [0.15, 0.2) is 84.0 Å². The normalized spacial score (nSPS) is 11.0. The Labute approximate surface area is 229 Å². The highest BCUT2D eigenvalue weighted by Crippen LogP contribution is 2.29. The van der Waals surface area contributed by atoms with Crippen LogP contribution in [0.3, 0.4) is 0 Å². The molecule has 0 aliphatic carbocycles. The number of hydrogen-bond donors (Lipinski definition) is 1. The van der Waals surface area contributed by atoms with Crippen LogP contribution in [0.25, 0.3) is 10.8 Å². The molecule has 0 aromatic heterocycles. The molecule has 0 bridgehead atoms. The van der Waals surface area contributed by atoms with Crippen molar-refractivity contribution in [3.05, 3.63) is 113 Å². The molecule has 0 aliphatic heterocycles. The van der Waals surface area contributed by atoms with Gasteiger partial charge in [0.05, 0.1) is 24.7 Å². The van der Waals surface area contributed by atoms with Gasteiger partial charge in [0.15, 0.2) is 0 Å². The number of halogens is 2. The zero-order chi connectivity index (χ0) is 24.8. The second kappa shape index (κ2) is 11.6. The van der Waals surface area contributed by atoms with E-state index < -0.39 is 10.8 Å². The zero-order valence-electron chi connectivity index (χ0n) is 18.3. The number of nitrogens with one attached hydrogen (secondary N) is 1. The summed E-state index contributed by atoms with van der Waals surface area (Å²) in [5.74, 6) is 0.354. The second-order valence-corrected chi connectivity index (χ2v) is 9.96. The average Bonchev–Trinajstić information content (AvgIpc) is 2.83. The molecule has 0 saturated carbocycles. The van der Waals surface area contributed by atoms with Crippen molar-refractivity contribution >= 4 is 73.8 Å². The van der Waals surface area contributed by atoms with Gasteiger partial charge in [-0.05, 0) is 85.3 Å². The summed E-state index contributed by atoms with van der Waals surface area (Å²) < 4.78 is 7.95. The molecule has 176 valence electrons. The minimum absolute atomic E-state index is 0.0879. The Bertz CT molecular complexity index is 1420. The molecule has 0 atom stereocenters. The third-order valence-electron chi connectivity index (χ3n) is 5.16. The van der Waals surface area contributed by atoms with E-state index in [2.05, 4.69) is 86.0 Å². The molecule has 4 rings (SSSR count). The van der Waals surface area contributed by atoms with Gasteiger partial charge in [-0.25, -0.2) is 5.43 Å². The highest BCUT2D eigenvalue weighted by atomic mass is 127. The van der Waals surface area contributed by atoms with Gasteiger partial charge in [-0.2, -0.15) is 5.10 Å². The monoisotopic (exact) mass is 691 g/mol. The lowest BCUT2D eigenvalue weighted by molar-refractivity contribution is -0.385. The first-order valence-electron chi connectivity index (χ1n) is 10.5. The van der Waals surface area contributed by atoms with Crippen molar-refractivity contribution in [3.63, 3.8) is 0 Å². The van der Waals surface area contributed by atoms with E-state index in [1.165, 1.54) is 23.1 Å². The summed E-state index contributed by atoms with van der Waals surface area (Å²) in [6.45, 7) is 0.450. The Balaban J connectivity index is 1.38. The van der Waals surface area contributed by atoms with Crippen LogP contribution in [0.4, 0.5) is 5.69 Å². The van der Waals surface area contributed by atoms with Gasteiger partial charge >= 0.3 is 0 Å². The van der Waals surface area contributed by atoms with E-state index in [4.69, 9.17) is 4.74 Å². The number of para-hydroxylation sites is 1. The summed E-state index contributed by atoms with van der Waals surface area (Å²) in [6, 6.07) is 24.5. The van der Waals surface area contributed by atoms with E-state index in [-0.39, 0.29) is 12.1 Å². The Morgan fingerprint density at radius 2 is 1.66 bits per heavy atom. The summed E-state index contributed by atoms with van der Waals surface area (Å²) in [6.07, 6.45) is 1.40. The van der Waals surface area contributed by atoms with Crippen molar-refractivity contribution in [2.24, 2.45) is 5.10 Å². The van der Waals surface area contributed by atoms with Crippen LogP contribution in [0, 0.1) is 17.3 Å². The summed E-state index contributed by atoms with van der Waals surface area (Å²) in [5.41, 5.74) is 4.56. The number of carbonyl (C=O) groups is 1. The van der Waals surface area contributed by atoms with Crippen molar-refractivity contribution in [1.29, 1.82) is 0 Å². The topological polar surface area (TPSA) is 93.8 Å². The quantitative estimate of drug-likeness (QED) is 0.103. The molecule has 0 unspecified atom stereocenters. The fourth-order valence-electron chi connectivity index (χ4n) is 3.51. The molecule has 0 spiro atoms. The van der Waals surface area contributed by atoms with E-state index in [1.54, 1.807) is 18.2 Å². The molecular weight excluding hydrogens is 672 g/mol. The van der Waals surface area contributed by atoms with Crippen LogP contribution >= 0.6 is 45.2 Å². The van der Waals surface area contributed by atoms with E-state index in [9.17, 15) is 14.9 Å². The molecule has 7 nitrogen and oxygen atoms in total. The van der Waals surface area contributed by atoms with E-state index in [0.29, 0.717) is 12.2 Å². The van der Waals surface area contributed by atoms with E-state index in [1.807, 2.05) is 24.3 Å². The van der Waals surface area contributed by atoms with Gasteiger partial charge < -0.3 is 4.74 Å². The third kappa shape index (κ3) is 6.54. The third-order valence-corrected chi connectivity index (χ3v) is 6.76. The standard InChI is InChI=1S/C26H19I2N3O4/c27-22-12-18(15-29-30-25(32)14-21-7-3-4-8-24(21)31(33)34)13-23(28)26(22)35-16-17-9-10-19-5-1-2-6-20(19)11-17/h1-13,15H,14,16H2,(H,30,32)/b29-15+. The molecule has 4 aromatic carbocycles. The molecule has 4 aromatic rings. The fourth-order valence-corrected chi connectivity index (χ4v) is 5.63. The van der Waals surface area contributed by atoms with Crippen molar-refractivity contribution < 1.29 is 14.5 Å². The summed E-state index contributed by atoms with van der Waals surface area (Å²) in [4.78, 5) is 22.8. The molecule has 0 fully saturated rings. The summed E-state index contributed by atoms with van der Waals surface area (Å²) >= 11 is 4.43. The highest BCUT2D eigenvalue weighted by molar-refractivity contribution is 14.1. The smallest absolute Gasteiger partial charge is 0.273 e. The number of hydrogen-bond acceptors (Lipinski definition) is 5. The van der Waals surface area contributed by atoms with Crippen LogP contribution in [0.2, 0.25) is 0 Å². The minimum Gasteiger partial charge on any atom is -0.487 e. The van der Waals surface area contributed by atoms with Gasteiger partial charge in [-0.1, -0.05) is 54.6 Å². The first-order valence-corrected chi connectivity index (χ1v) is 12.7. The molecule has 35 heavy (non-hydrogen) atoms. The number of nitrogens with zero attached hydrogens (tertiary/aromatic N) is 2. The van der Waals surface area contributed by atoms with Crippen molar-refractivity contribution in [2.75, 3.05) is 0 Å². The van der Waals surface area contributed by atoms with Gasteiger partial charge in [-0.15, -0.1) is 0 Å². The summed E-state index contributed by atoms with van der Waals surface area (Å²) in [7, 11) is 0. The van der Waals surface area contributed by atoms with Gasteiger partial charge in [0.2, 0.25) is 5.91 Å². The number of ether oxygens (including phenoxy) is 1. The molecule has 0 heterocycles. The predicted molar refractivity (Wildman–Crippen MR) is 153 cm³/mol. The molecule has 0 saturated heterocycles. The number of nitro benzene ring substituents is 1. The van der Waals surface area contributed by atoms with E-state index >= 15 is 0 Å². The Morgan fingerprint density at radius 1 is 0.971 bits per heavy atom. The molecular formula is C26H19I2N3O4. The van der Waals surface area contributed by atoms with Crippen molar-refractivity contribution in [3.8, 4) is 5.75 Å². The molecule has 1 amide bonds. The number of nitro groups is 1. The lowest BCUT2D eigenvalue weighted by Gasteiger charge is -2.12. The van der Waals surface area contributed by atoms with E-state index in [0.717, 1.165) is 24.0 Å². The second-order valence-electron chi connectivity index (χ2n) is 7.64. The molecule has 1 N–H and O–H groups in total. The van der Waals surface area contributed by atoms with Gasteiger partial charge in [0, 0.05) is 11.6 Å². The maximum Gasteiger partial charge on any atom is 0.273 e. The molecule has 0 radical (unpaired) electrons. The van der Waals surface area contributed by atoms with Crippen molar-refractivity contribution in [2.45, 2.75) is 13.0 Å². The number of rotatable bonds is 8. The number of fused-ring (bicyclic) bond motifs is 1. The van der Waals surface area contributed by atoms with Crippen molar-refractivity contribution in [1.82, 2.24) is 5.43 Å². The predicted octanol–water partition coefficient (Wildman–Crippen LogP) is 6.23. The Hall–Kier alpha value is -3.06. The largest absolute Gasteiger partial charge is 0.487 e. The molecule has 9 heteroatoms. The first-order chi connectivity index (χ1) is 16.9. The fraction of sp³-hybridized carbons (Fsp3) is 0.0769. The number of hydrazone groups is 1. The number of amides is 1. The number of benzene rings is 4. The Morgan fingerprint density at radius 3 is 2.40 bits per heavy atom. The lowest BCUT2D eigenvalue weighted by atomic mass is 10.1. The molecule has 0 aliphatic rings. The SMILES string of the molecule is O=C(Cc1ccccc1[N+](=O)[O-])N/N=C/c1cc(I)c(OCc2ccc3ccccc3c2)c(I)c1. The summed E-state index contributed by atoms with van der Waals surface area (Å²) in [5, 5.41) is 17.5. The minimum atomic E-state index is -0.501. The van der Waals surface area contributed by atoms with Gasteiger partial charge in [0.25, 0.3) is 5.69 Å². The van der Waals surface area contributed by atoms with Crippen LogP contribution in [-0.4, -0.2) is 17.0 Å². The van der Waals surface area contributed by atoms with Crippen LogP contribution in [0.5, 0.6) is 5.75 Å². The average molecular weight is 691 g/mol. The van der Waals surface area contributed by atoms with Gasteiger partial charge in [-0.3, -0.25) is 14.9 Å². The Kier molecular flexibility index (Phi) is 8.29. The van der Waals surface area contributed by atoms with Crippen LogP contribution in [0.1, 0.15) is 16.7 Å². The lowest BCUT2D eigenvalue weighted by Crippen LogP contribution is -2.20. The maximum atomic E-state index is 12.2. The van der Waals surface area contributed by atoms with Gasteiger partial charge in [0.1, 0.15) is 12.4 Å². The maximum absolute atomic E-state index is 12.2. The first kappa shape index (κ1) is 25.0. The highest BCUT2D eigenvalue weighted by Gasteiger charge is 2.15. The van der Waals surface area contributed by atoms with Crippen LogP contribution < -0.4 is 10.2 Å².